The number of halogens is 6. The zero-order valence-corrected chi connectivity index (χ0v) is 24.5. The molecule has 0 radical (unpaired) electrons. The molecule has 0 rings (SSSR count). The minimum Gasteiger partial charge on any atom is -0.550 e. The summed E-state index contributed by atoms with van der Waals surface area (Å²) in [5, 5.41) is 19.7. The van der Waals surface area contributed by atoms with Crippen LogP contribution in [-0.2, 0) is 48.9 Å². The van der Waals surface area contributed by atoms with E-state index in [9.17, 15) is 55.7 Å². The SMILES string of the molecule is CC(C)(C)[O][Zr+2][O]C(C)(C)C.CCC(C(=O)CC(=O)[O-])C(F)(F)F.CCC(C(=O)CC(=O)[O-])C(F)(F)F. The van der Waals surface area contributed by atoms with Crippen LogP contribution in [0.1, 0.15) is 81.1 Å². The largest absolute Gasteiger partial charge is 0.550 e. The van der Waals surface area contributed by atoms with Gasteiger partial charge in [0, 0.05) is 24.8 Å². The molecule has 2 unspecified atom stereocenters. The first kappa shape index (κ1) is 40.2. The Labute approximate surface area is 225 Å². The van der Waals surface area contributed by atoms with E-state index in [4.69, 9.17) is 5.63 Å². The number of aliphatic carboxylic acids is 2. The fourth-order valence-corrected chi connectivity index (χ4v) is 3.42. The molecular weight excluding hydrogens is 597 g/mol. The maximum atomic E-state index is 12.0. The first-order valence-electron chi connectivity index (χ1n) is 11.0. The summed E-state index contributed by atoms with van der Waals surface area (Å²) in [4.78, 5) is 41.1. The topological polar surface area (TPSA) is 133 Å². The quantitative estimate of drug-likeness (QED) is 0.266. The monoisotopic (exact) mass is 630 g/mol. The van der Waals surface area contributed by atoms with Gasteiger partial charge in [-0.05, 0) is 12.8 Å². The van der Waals surface area contributed by atoms with E-state index in [2.05, 4.69) is 41.5 Å². The fraction of sp³-hybridized carbons (Fsp3) is 0.818. The van der Waals surface area contributed by atoms with Gasteiger partial charge in [0.05, 0.1) is 0 Å². The Morgan fingerprint density at radius 2 is 0.892 bits per heavy atom. The standard InChI is InChI=1S/2C7H9F3O3.2C4H9O.Zr/c2*1-2-4(7(8,9)10)5(11)3-6(12)13;2*1-4(2,3)5;/h2*4H,2-3H2,1H3,(H,12,13);2*1-3H3;/q;;2*-1;+4/p-2. The third-order valence-corrected chi connectivity index (χ3v) is 7.14. The maximum Gasteiger partial charge on any atom is 0.398 e. The van der Waals surface area contributed by atoms with Gasteiger partial charge in [-0.25, -0.2) is 0 Å². The van der Waals surface area contributed by atoms with Crippen LogP contribution in [0.15, 0.2) is 0 Å². The van der Waals surface area contributed by atoms with Crippen molar-refractivity contribution in [2.45, 2.75) is 105 Å². The third-order valence-electron chi connectivity index (χ3n) is 3.72. The number of carboxylic acids is 2. The number of carbonyl (C=O) groups excluding carboxylic acids is 4. The van der Waals surface area contributed by atoms with Crippen LogP contribution in [0, 0.1) is 11.8 Å². The van der Waals surface area contributed by atoms with Crippen LogP contribution in [0.3, 0.4) is 0 Å². The van der Waals surface area contributed by atoms with E-state index in [0.717, 1.165) is 0 Å². The van der Waals surface area contributed by atoms with Crippen molar-refractivity contribution >= 4 is 23.5 Å². The van der Waals surface area contributed by atoms with E-state index in [-0.39, 0.29) is 11.2 Å². The number of rotatable bonds is 10. The number of alkyl halides is 6. The Hall–Kier alpha value is -1.34. The summed E-state index contributed by atoms with van der Waals surface area (Å²) in [5.41, 5.74) is -0.0607. The molecular formula is C22H34F6O8Zr. The molecule has 0 fully saturated rings. The molecule has 0 aliphatic heterocycles. The van der Waals surface area contributed by atoms with Crippen molar-refractivity contribution in [2.75, 3.05) is 0 Å². The van der Waals surface area contributed by atoms with Crippen molar-refractivity contribution in [3.63, 3.8) is 0 Å². The van der Waals surface area contributed by atoms with Crippen LogP contribution in [0.25, 0.3) is 0 Å². The smallest absolute Gasteiger partial charge is 0.398 e. The van der Waals surface area contributed by atoms with Gasteiger partial charge in [0.25, 0.3) is 0 Å². The Bertz CT molecular complexity index is 665. The molecule has 2 atom stereocenters. The molecule has 0 aromatic heterocycles. The van der Waals surface area contributed by atoms with Crippen LogP contribution < -0.4 is 10.2 Å². The van der Waals surface area contributed by atoms with E-state index in [1.165, 1.54) is 13.8 Å². The Morgan fingerprint density at radius 1 is 0.649 bits per heavy atom. The molecule has 0 amide bonds. The second kappa shape index (κ2) is 17.3. The van der Waals surface area contributed by atoms with Crippen molar-refractivity contribution in [3.05, 3.63) is 0 Å². The molecule has 0 bridgehead atoms. The number of ketones is 2. The van der Waals surface area contributed by atoms with E-state index in [0.29, 0.717) is 0 Å². The second-order valence-electron chi connectivity index (χ2n) is 9.55. The summed E-state index contributed by atoms with van der Waals surface area (Å²) in [6.45, 7) is 14.7. The predicted molar refractivity (Wildman–Crippen MR) is 111 cm³/mol. The molecule has 8 nitrogen and oxygen atoms in total. The molecule has 0 saturated heterocycles. The van der Waals surface area contributed by atoms with Gasteiger partial charge in [-0.2, -0.15) is 26.3 Å². The van der Waals surface area contributed by atoms with Crippen LogP contribution >= 0.6 is 0 Å². The number of carbonyl (C=O) groups is 4. The van der Waals surface area contributed by atoms with Gasteiger partial charge in [-0.15, -0.1) is 0 Å². The van der Waals surface area contributed by atoms with E-state index in [1.54, 1.807) is 0 Å². The molecule has 0 aliphatic carbocycles. The molecule has 15 heteroatoms. The molecule has 0 spiro atoms. The van der Waals surface area contributed by atoms with Crippen LogP contribution in [-0.4, -0.2) is 47.1 Å². The maximum absolute atomic E-state index is 12.0. The van der Waals surface area contributed by atoms with Gasteiger partial charge in [0.2, 0.25) is 0 Å². The number of hydrogen-bond donors (Lipinski definition) is 0. The van der Waals surface area contributed by atoms with Crippen molar-refractivity contribution in [3.8, 4) is 0 Å². The number of hydrogen-bond acceptors (Lipinski definition) is 8. The van der Waals surface area contributed by atoms with Gasteiger partial charge >= 0.3 is 94.8 Å². The summed E-state index contributed by atoms with van der Waals surface area (Å²) in [6.07, 6.45) is -12.6. The predicted octanol–water partition coefficient (Wildman–Crippen LogP) is 3.10. The Balaban J connectivity index is -0.000000471. The Kier molecular flexibility index (Phi) is 18.8. The summed E-state index contributed by atoms with van der Waals surface area (Å²) in [6, 6.07) is 0. The average molecular weight is 632 g/mol. The number of Topliss-reactive ketones (excluding diaryl/α,β-unsaturated/α-hetero) is 2. The zero-order valence-electron chi connectivity index (χ0n) is 22.0. The van der Waals surface area contributed by atoms with Gasteiger partial charge < -0.3 is 19.8 Å². The molecule has 0 heterocycles. The summed E-state index contributed by atoms with van der Waals surface area (Å²) in [7, 11) is 0. The molecule has 0 aliphatic rings. The summed E-state index contributed by atoms with van der Waals surface area (Å²) in [5.74, 6) is -10.7. The number of carboxylic acid groups (broad SMARTS) is 2. The first-order chi connectivity index (χ1) is 16.3. The van der Waals surface area contributed by atoms with Gasteiger partial charge in [0.1, 0.15) is 11.8 Å². The Morgan fingerprint density at radius 3 is 1.03 bits per heavy atom. The van der Waals surface area contributed by atoms with Crippen molar-refractivity contribution in [1.29, 1.82) is 0 Å². The molecule has 0 saturated carbocycles. The van der Waals surface area contributed by atoms with E-state index in [1.807, 2.05) is 0 Å². The summed E-state index contributed by atoms with van der Waals surface area (Å²) >= 11 is -1.06. The molecule has 37 heavy (non-hydrogen) atoms. The van der Waals surface area contributed by atoms with Crippen LogP contribution in [0.2, 0.25) is 0 Å². The van der Waals surface area contributed by atoms with Crippen molar-refractivity contribution < 1.29 is 85.5 Å². The van der Waals surface area contributed by atoms with Gasteiger partial charge in [-0.3, -0.25) is 9.59 Å². The minimum atomic E-state index is -4.67. The normalized spacial score (nSPS) is 13.6. The molecule has 0 aromatic carbocycles. The van der Waals surface area contributed by atoms with Gasteiger partial charge in [0.15, 0.2) is 11.6 Å². The molecule has 0 aromatic rings. The average Bonchev–Trinajstić information content (AvgIpc) is 2.57. The van der Waals surface area contributed by atoms with E-state index < -0.39 is 97.5 Å². The van der Waals surface area contributed by atoms with Crippen LogP contribution in [0.5, 0.6) is 0 Å². The van der Waals surface area contributed by atoms with E-state index >= 15 is 0 Å². The van der Waals surface area contributed by atoms with Crippen molar-refractivity contribution in [2.24, 2.45) is 11.8 Å². The first-order valence-corrected chi connectivity index (χ1v) is 13.0. The van der Waals surface area contributed by atoms with Crippen molar-refractivity contribution in [1.82, 2.24) is 0 Å². The van der Waals surface area contributed by atoms with Crippen LogP contribution in [0.4, 0.5) is 26.3 Å². The molecule has 0 N–H and O–H groups in total. The minimum absolute atomic E-state index is 0.0303. The second-order valence-corrected chi connectivity index (χ2v) is 11.0. The zero-order chi connectivity index (χ0) is 30.4. The molecule has 216 valence electrons. The van der Waals surface area contributed by atoms with Gasteiger partial charge in [-0.1, -0.05) is 13.8 Å². The third kappa shape index (κ3) is 24.7. The summed E-state index contributed by atoms with van der Waals surface area (Å²) < 4.78 is 83.0. The fourth-order valence-electron chi connectivity index (χ4n) is 2.09.